The van der Waals surface area contributed by atoms with Gasteiger partial charge in [0.25, 0.3) is 17.6 Å². The van der Waals surface area contributed by atoms with E-state index in [0.717, 1.165) is 44.5 Å². The molecule has 3 heterocycles. The first-order chi connectivity index (χ1) is 12.7. The molecule has 0 atom stereocenters. The molecule has 6 nitrogen and oxygen atoms in total. The van der Waals surface area contributed by atoms with Crippen LogP contribution < -0.4 is 4.90 Å². The van der Waals surface area contributed by atoms with Crippen molar-refractivity contribution in [1.82, 2.24) is 4.90 Å². The molecule has 0 aromatic heterocycles. The summed E-state index contributed by atoms with van der Waals surface area (Å²) in [6.07, 6.45) is 5.20. The van der Waals surface area contributed by atoms with E-state index in [9.17, 15) is 9.59 Å². The van der Waals surface area contributed by atoms with Gasteiger partial charge in [0.2, 0.25) is 0 Å². The molecule has 3 aliphatic rings. The molecule has 2 fully saturated rings. The molecule has 6 heteroatoms. The predicted molar refractivity (Wildman–Crippen MR) is 97.0 cm³/mol. The van der Waals surface area contributed by atoms with Gasteiger partial charge in [-0.3, -0.25) is 9.59 Å². The van der Waals surface area contributed by atoms with E-state index in [4.69, 9.17) is 9.47 Å². The number of carbonyl (C=O) groups excluding carboxylic acids is 2. The van der Waals surface area contributed by atoms with Crippen molar-refractivity contribution < 1.29 is 19.1 Å². The Balaban J connectivity index is 1.69. The molecule has 26 heavy (non-hydrogen) atoms. The van der Waals surface area contributed by atoms with Crippen molar-refractivity contribution >= 4 is 17.5 Å². The van der Waals surface area contributed by atoms with E-state index in [1.807, 2.05) is 17.0 Å². The van der Waals surface area contributed by atoms with Crippen LogP contribution in [0, 0.1) is 0 Å². The van der Waals surface area contributed by atoms with Crippen LogP contribution in [0.1, 0.15) is 54.9 Å². The van der Waals surface area contributed by atoms with E-state index in [1.165, 1.54) is 6.42 Å². The Labute approximate surface area is 154 Å². The van der Waals surface area contributed by atoms with E-state index in [1.54, 1.807) is 11.0 Å². The van der Waals surface area contributed by atoms with Crippen LogP contribution in [0.5, 0.6) is 0 Å². The first-order valence-corrected chi connectivity index (χ1v) is 9.71. The summed E-state index contributed by atoms with van der Waals surface area (Å²) in [4.78, 5) is 29.6. The van der Waals surface area contributed by atoms with Gasteiger partial charge in [-0.05, 0) is 43.9 Å². The van der Waals surface area contributed by atoms with Gasteiger partial charge in [-0.25, -0.2) is 0 Å². The minimum Gasteiger partial charge on any atom is -0.339 e. The molecule has 0 aliphatic carbocycles. The largest absolute Gasteiger partial charge is 0.339 e. The molecular weight excluding hydrogens is 332 g/mol. The summed E-state index contributed by atoms with van der Waals surface area (Å²) in [7, 11) is 0. The molecule has 0 unspecified atom stereocenters. The number of likely N-dealkylation sites (tertiary alicyclic amines) is 1. The molecule has 1 aromatic rings. The van der Waals surface area contributed by atoms with Crippen molar-refractivity contribution in [2.45, 2.75) is 44.8 Å². The predicted octanol–water partition coefficient (Wildman–Crippen LogP) is 2.66. The first kappa shape index (κ1) is 17.5. The van der Waals surface area contributed by atoms with Gasteiger partial charge in [-0.15, -0.1) is 0 Å². The van der Waals surface area contributed by atoms with E-state index in [2.05, 4.69) is 6.92 Å². The van der Waals surface area contributed by atoms with E-state index in [-0.39, 0.29) is 11.8 Å². The number of rotatable bonds is 4. The average molecular weight is 358 g/mol. The Hall–Kier alpha value is -1.92. The number of ether oxygens (including phenoxy) is 2. The third-order valence-electron chi connectivity index (χ3n) is 5.49. The smallest absolute Gasteiger partial charge is 0.292 e. The zero-order valence-electron chi connectivity index (χ0n) is 15.3. The maximum atomic E-state index is 13.1. The third kappa shape index (κ3) is 2.72. The van der Waals surface area contributed by atoms with Crippen LogP contribution in [0.3, 0.4) is 0 Å². The van der Waals surface area contributed by atoms with Gasteiger partial charge < -0.3 is 19.3 Å². The number of carbonyl (C=O) groups is 2. The zero-order valence-corrected chi connectivity index (χ0v) is 15.3. The summed E-state index contributed by atoms with van der Waals surface area (Å²) >= 11 is 0. The molecule has 2 amide bonds. The fraction of sp³-hybridized carbons (Fsp3) is 0.600. The van der Waals surface area contributed by atoms with Crippen LogP contribution in [0.15, 0.2) is 18.2 Å². The highest BCUT2D eigenvalue weighted by Crippen LogP contribution is 2.46. The van der Waals surface area contributed by atoms with Crippen molar-refractivity contribution in [2.24, 2.45) is 0 Å². The minimum atomic E-state index is -1.36. The SMILES string of the molecule is CCCCN1C(=O)C2(OCCO2)c2cc(C(=O)N3CCCCC3)ccc21. The fourth-order valence-electron chi connectivity index (χ4n) is 4.08. The molecule has 4 rings (SSSR count). The molecule has 1 spiro atoms. The van der Waals surface area contributed by atoms with Crippen molar-refractivity contribution in [1.29, 1.82) is 0 Å². The lowest BCUT2D eigenvalue weighted by Gasteiger charge is -2.27. The molecule has 0 N–H and O–H groups in total. The highest BCUT2D eigenvalue weighted by Gasteiger charge is 2.56. The van der Waals surface area contributed by atoms with Crippen LogP contribution >= 0.6 is 0 Å². The summed E-state index contributed by atoms with van der Waals surface area (Å²) < 4.78 is 11.6. The van der Waals surface area contributed by atoms with Gasteiger partial charge in [0, 0.05) is 30.8 Å². The molecule has 0 radical (unpaired) electrons. The molecule has 1 aromatic carbocycles. The fourth-order valence-corrected chi connectivity index (χ4v) is 4.08. The monoisotopic (exact) mass is 358 g/mol. The normalized spacial score (nSPS) is 21.5. The van der Waals surface area contributed by atoms with Gasteiger partial charge in [0.1, 0.15) is 0 Å². The van der Waals surface area contributed by atoms with Crippen LogP contribution in [0.25, 0.3) is 0 Å². The number of hydrogen-bond donors (Lipinski definition) is 0. The maximum absolute atomic E-state index is 13.1. The number of nitrogens with zero attached hydrogens (tertiary/aromatic N) is 2. The number of piperidine rings is 1. The van der Waals surface area contributed by atoms with Gasteiger partial charge in [0.15, 0.2) is 0 Å². The van der Waals surface area contributed by atoms with E-state index in [0.29, 0.717) is 30.9 Å². The van der Waals surface area contributed by atoms with E-state index >= 15 is 0 Å². The number of benzene rings is 1. The lowest BCUT2D eigenvalue weighted by molar-refractivity contribution is -0.180. The van der Waals surface area contributed by atoms with Gasteiger partial charge in [-0.1, -0.05) is 13.3 Å². The zero-order chi connectivity index (χ0) is 18.1. The van der Waals surface area contributed by atoms with Crippen molar-refractivity contribution in [3.63, 3.8) is 0 Å². The summed E-state index contributed by atoms with van der Waals surface area (Å²) in [6, 6.07) is 5.51. The number of hydrogen-bond acceptors (Lipinski definition) is 4. The highest BCUT2D eigenvalue weighted by atomic mass is 16.7. The summed E-state index contributed by atoms with van der Waals surface area (Å²) in [6.45, 7) is 5.11. The number of fused-ring (bicyclic) bond motifs is 2. The average Bonchev–Trinajstić information content (AvgIpc) is 3.26. The Kier molecular flexibility index (Phi) is 4.71. The minimum absolute atomic E-state index is 0.0279. The standard InChI is InChI=1S/C20H26N2O4/c1-2-3-11-22-17-8-7-15(18(23)21-9-5-4-6-10-21)14-16(17)20(19(22)24)25-12-13-26-20/h7-8,14H,2-6,9-13H2,1H3. The Morgan fingerprint density at radius 3 is 2.58 bits per heavy atom. The van der Waals surface area contributed by atoms with Crippen LogP contribution in [-0.4, -0.2) is 49.6 Å². The third-order valence-corrected chi connectivity index (χ3v) is 5.49. The molecule has 0 bridgehead atoms. The van der Waals surface area contributed by atoms with Crippen molar-refractivity contribution in [2.75, 3.05) is 37.7 Å². The molecule has 3 aliphatic heterocycles. The number of unbranched alkanes of at least 4 members (excludes halogenated alkanes) is 1. The number of anilines is 1. The summed E-state index contributed by atoms with van der Waals surface area (Å²) in [5.74, 6) is -1.50. The Morgan fingerprint density at radius 1 is 1.15 bits per heavy atom. The summed E-state index contributed by atoms with van der Waals surface area (Å²) in [5.41, 5.74) is 2.09. The molecule has 2 saturated heterocycles. The maximum Gasteiger partial charge on any atom is 0.292 e. The van der Waals surface area contributed by atoms with Crippen LogP contribution in [-0.2, 0) is 20.1 Å². The quantitative estimate of drug-likeness (QED) is 0.830. The molecule has 0 saturated carbocycles. The van der Waals surface area contributed by atoms with Gasteiger partial charge in [-0.2, -0.15) is 0 Å². The van der Waals surface area contributed by atoms with E-state index < -0.39 is 5.79 Å². The summed E-state index contributed by atoms with van der Waals surface area (Å²) in [5, 5.41) is 0. The highest BCUT2D eigenvalue weighted by molar-refractivity contribution is 6.07. The Morgan fingerprint density at radius 2 is 1.88 bits per heavy atom. The second-order valence-corrected chi connectivity index (χ2v) is 7.21. The topological polar surface area (TPSA) is 59.1 Å². The van der Waals surface area contributed by atoms with Crippen LogP contribution in [0.4, 0.5) is 5.69 Å². The van der Waals surface area contributed by atoms with Crippen molar-refractivity contribution in [3.8, 4) is 0 Å². The first-order valence-electron chi connectivity index (χ1n) is 9.71. The van der Waals surface area contributed by atoms with Crippen molar-refractivity contribution in [3.05, 3.63) is 29.3 Å². The van der Waals surface area contributed by atoms with Gasteiger partial charge >= 0.3 is 0 Å². The molecular formula is C20H26N2O4. The van der Waals surface area contributed by atoms with Gasteiger partial charge in [0.05, 0.1) is 18.9 Å². The second-order valence-electron chi connectivity index (χ2n) is 7.21. The molecule has 140 valence electrons. The van der Waals surface area contributed by atoms with Crippen LogP contribution in [0.2, 0.25) is 0 Å². The lowest BCUT2D eigenvalue weighted by atomic mass is 10.0. The lowest BCUT2D eigenvalue weighted by Crippen LogP contribution is -2.41. The second kappa shape index (κ2) is 7.00. The Bertz CT molecular complexity index is 706. The number of amides is 2.